The maximum absolute atomic E-state index is 13.1. The van der Waals surface area contributed by atoms with Crippen molar-refractivity contribution in [3.63, 3.8) is 0 Å². The Hall–Kier alpha value is -3.82. The summed E-state index contributed by atoms with van der Waals surface area (Å²) in [6, 6.07) is 22.2. The molecule has 0 spiro atoms. The molecule has 5 rings (SSSR count). The normalized spacial score (nSPS) is 12.3. The number of halogens is 1. The van der Waals surface area contributed by atoms with Gasteiger partial charge in [-0.3, -0.25) is 14.2 Å². The summed E-state index contributed by atoms with van der Waals surface area (Å²) in [5.41, 5.74) is 3.35. The minimum absolute atomic E-state index is 0.00321. The van der Waals surface area contributed by atoms with Crippen LogP contribution in [-0.2, 0) is 17.8 Å². The largest absolute Gasteiger partial charge is 0.497 e. The number of amides is 2. The van der Waals surface area contributed by atoms with Gasteiger partial charge in [-0.25, -0.2) is 0 Å². The monoisotopic (exact) mass is 533 g/mol. The van der Waals surface area contributed by atoms with E-state index < -0.39 is 0 Å². The highest BCUT2D eigenvalue weighted by atomic mass is 35.5. The minimum atomic E-state index is -0.267. The fraction of sp³-hybridized carbons (Fsp3) is 0.185. The Bertz CT molecular complexity index is 1460. The van der Waals surface area contributed by atoms with Gasteiger partial charge in [0.05, 0.1) is 25.1 Å². The van der Waals surface area contributed by atoms with Crippen LogP contribution in [0, 0.1) is 0 Å². The molecule has 2 heterocycles. The van der Waals surface area contributed by atoms with Crippen LogP contribution in [0.4, 0.5) is 5.69 Å². The van der Waals surface area contributed by atoms with Crippen molar-refractivity contribution in [2.75, 3.05) is 24.3 Å². The van der Waals surface area contributed by atoms with Crippen molar-refractivity contribution >= 4 is 40.9 Å². The fourth-order valence-corrected chi connectivity index (χ4v) is 5.24. The molecule has 1 aliphatic rings. The number of nitrogens with one attached hydrogen (secondary N) is 1. The van der Waals surface area contributed by atoms with Crippen LogP contribution in [0.15, 0.2) is 78.0 Å². The summed E-state index contributed by atoms with van der Waals surface area (Å²) >= 11 is 7.56. The Morgan fingerprint density at radius 3 is 2.73 bits per heavy atom. The van der Waals surface area contributed by atoms with E-state index in [2.05, 4.69) is 21.6 Å². The van der Waals surface area contributed by atoms with E-state index in [1.165, 1.54) is 17.3 Å². The second-order valence-electron chi connectivity index (χ2n) is 8.34. The number of nitrogens with zero attached hydrogens (tertiary/aromatic N) is 4. The molecule has 3 aromatic carbocycles. The lowest BCUT2D eigenvalue weighted by Gasteiger charge is -2.17. The van der Waals surface area contributed by atoms with E-state index in [1.54, 1.807) is 43.5 Å². The van der Waals surface area contributed by atoms with Crippen molar-refractivity contribution in [1.82, 2.24) is 20.1 Å². The summed E-state index contributed by atoms with van der Waals surface area (Å²) in [6.45, 7) is 0.796. The number of thioether (sulfide) groups is 1. The number of aromatic nitrogens is 3. The van der Waals surface area contributed by atoms with Gasteiger partial charge in [0.25, 0.3) is 5.91 Å². The average molecular weight is 534 g/mol. The summed E-state index contributed by atoms with van der Waals surface area (Å²) in [6.07, 6.45) is 0.850. The number of hydrogen-bond acceptors (Lipinski definition) is 6. The Kier molecular flexibility index (Phi) is 7.43. The van der Waals surface area contributed by atoms with Gasteiger partial charge in [0, 0.05) is 22.8 Å². The number of hydrogen-bond donors (Lipinski definition) is 1. The fourth-order valence-electron chi connectivity index (χ4n) is 4.21. The Morgan fingerprint density at radius 1 is 1.05 bits per heavy atom. The van der Waals surface area contributed by atoms with Crippen LogP contribution in [0.25, 0.3) is 5.69 Å². The van der Waals surface area contributed by atoms with Gasteiger partial charge in [-0.05, 0) is 54.4 Å². The molecule has 8 nitrogen and oxygen atoms in total. The second kappa shape index (κ2) is 11.1. The van der Waals surface area contributed by atoms with E-state index in [9.17, 15) is 9.59 Å². The molecule has 1 N–H and O–H groups in total. The molecule has 2 amide bonds. The highest BCUT2D eigenvalue weighted by Crippen LogP contribution is 2.30. The maximum atomic E-state index is 13.1. The number of anilines is 1. The third-order valence-electron chi connectivity index (χ3n) is 6.02. The van der Waals surface area contributed by atoms with E-state index in [1.807, 2.05) is 39.8 Å². The number of fused-ring (bicyclic) bond motifs is 1. The van der Waals surface area contributed by atoms with Gasteiger partial charge >= 0.3 is 0 Å². The van der Waals surface area contributed by atoms with E-state index in [4.69, 9.17) is 16.3 Å². The molecule has 0 atom stereocenters. The highest BCUT2D eigenvalue weighted by Gasteiger charge is 2.25. The van der Waals surface area contributed by atoms with Crippen molar-refractivity contribution in [2.45, 2.75) is 18.1 Å². The average Bonchev–Trinajstić information content (AvgIpc) is 3.54. The molecule has 0 aliphatic carbocycles. The van der Waals surface area contributed by atoms with Crippen LogP contribution in [-0.4, -0.2) is 46.0 Å². The molecule has 0 saturated carbocycles. The highest BCUT2D eigenvalue weighted by molar-refractivity contribution is 7.99. The molecule has 188 valence electrons. The molecule has 1 aromatic heterocycles. The summed E-state index contributed by atoms with van der Waals surface area (Å²) in [4.78, 5) is 27.6. The smallest absolute Gasteiger partial charge is 0.251 e. The van der Waals surface area contributed by atoms with Crippen molar-refractivity contribution in [3.8, 4) is 11.4 Å². The van der Waals surface area contributed by atoms with Crippen LogP contribution in [0.1, 0.15) is 21.7 Å². The third-order valence-corrected chi connectivity index (χ3v) is 7.17. The van der Waals surface area contributed by atoms with Gasteiger partial charge < -0.3 is 15.0 Å². The van der Waals surface area contributed by atoms with Crippen molar-refractivity contribution in [1.29, 1.82) is 0 Å². The number of ether oxygens (including phenoxy) is 1. The van der Waals surface area contributed by atoms with Gasteiger partial charge in [-0.15, -0.1) is 10.2 Å². The molecule has 1 aliphatic heterocycles. The first-order valence-electron chi connectivity index (χ1n) is 11.7. The summed E-state index contributed by atoms with van der Waals surface area (Å²) in [5.74, 6) is 1.04. The predicted octanol–water partition coefficient (Wildman–Crippen LogP) is 4.54. The Morgan fingerprint density at radius 2 is 1.89 bits per heavy atom. The van der Waals surface area contributed by atoms with Crippen LogP contribution in [0.2, 0.25) is 5.02 Å². The lowest BCUT2D eigenvalue weighted by atomic mass is 10.2. The first-order chi connectivity index (χ1) is 18.0. The Labute approximate surface area is 223 Å². The van der Waals surface area contributed by atoms with Crippen LogP contribution >= 0.6 is 23.4 Å². The lowest BCUT2D eigenvalue weighted by Crippen LogP contribution is -2.30. The van der Waals surface area contributed by atoms with E-state index in [0.717, 1.165) is 17.8 Å². The van der Waals surface area contributed by atoms with Crippen LogP contribution < -0.4 is 15.0 Å². The number of para-hydroxylation sites is 1. The maximum Gasteiger partial charge on any atom is 0.251 e. The third kappa shape index (κ3) is 5.47. The number of methoxy groups -OCH3 is 1. The zero-order chi connectivity index (χ0) is 25.8. The molecule has 4 aromatic rings. The van der Waals surface area contributed by atoms with E-state index >= 15 is 0 Å². The van der Waals surface area contributed by atoms with E-state index in [0.29, 0.717) is 33.9 Å². The van der Waals surface area contributed by atoms with Crippen LogP contribution in [0.5, 0.6) is 5.75 Å². The topological polar surface area (TPSA) is 89.3 Å². The first-order valence-corrected chi connectivity index (χ1v) is 13.0. The van der Waals surface area contributed by atoms with Gasteiger partial charge in [0.15, 0.2) is 11.0 Å². The lowest BCUT2D eigenvalue weighted by molar-refractivity contribution is -0.116. The minimum Gasteiger partial charge on any atom is -0.497 e. The van der Waals surface area contributed by atoms with Gasteiger partial charge in [0.1, 0.15) is 5.75 Å². The zero-order valence-electron chi connectivity index (χ0n) is 20.1. The number of rotatable bonds is 8. The van der Waals surface area contributed by atoms with Crippen molar-refractivity contribution in [3.05, 3.63) is 94.8 Å². The van der Waals surface area contributed by atoms with Crippen molar-refractivity contribution < 1.29 is 14.3 Å². The molecule has 0 radical (unpaired) electrons. The summed E-state index contributed by atoms with van der Waals surface area (Å²) in [7, 11) is 1.55. The van der Waals surface area contributed by atoms with Gasteiger partial charge in [0.2, 0.25) is 5.91 Å². The first kappa shape index (κ1) is 24.9. The molecule has 0 saturated heterocycles. The number of benzene rings is 3. The van der Waals surface area contributed by atoms with Gasteiger partial charge in [-0.1, -0.05) is 53.7 Å². The second-order valence-corrected chi connectivity index (χ2v) is 9.72. The zero-order valence-corrected chi connectivity index (χ0v) is 21.6. The predicted molar refractivity (Wildman–Crippen MR) is 144 cm³/mol. The van der Waals surface area contributed by atoms with Gasteiger partial charge in [-0.2, -0.15) is 0 Å². The molecular formula is C27H24ClN5O3S. The molecule has 0 unspecified atom stereocenters. The molecule has 10 heteroatoms. The molecule has 0 fully saturated rings. The molecule has 0 bridgehead atoms. The SMILES string of the molecule is COc1cccc(C(=O)NCc2nnc(SCC(=O)N3CCc4ccccc43)n2-c2cccc(Cl)c2)c1. The summed E-state index contributed by atoms with van der Waals surface area (Å²) < 4.78 is 7.02. The van der Waals surface area contributed by atoms with E-state index in [-0.39, 0.29) is 24.1 Å². The quantitative estimate of drug-likeness (QED) is 0.334. The van der Waals surface area contributed by atoms with Crippen LogP contribution in [0.3, 0.4) is 0 Å². The summed E-state index contributed by atoms with van der Waals surface area (Å²) in [5, 5.41) is 12.6. The van der Waals surface area contributed by atoms with Crippen molar-refractivity contribution in [2.24, 2.45) is 0 Å². The Balaban J connectivity index is 1.34. The number of carbonyl (C=O) groups is 2. The number of carbonyl (C=O) groups excluding carboxylic acids is 2. The molecular weight excluding hydrogens is 510 g/mol. The standard InChI is InChI=1S/C27H24ClN5O3S/c1-36-22-10-4-7-19(14-22)26(35)29-16-24-30-31-27(33(24)21-9-5-8-20(28)15-21)37-17-25(34)32-13-12-18-6-2-3-11-23(18)32/h2-11,14-15H,12-13,16-17H2,1H3,(H,29,35). The molecule has 37 heavy (non-hydrogen) atoms.